The van der Waals surface area contributed by atoms with Gasteiger partial charge in [0, 0.05) is 18.3 Å². The van der Waals surface area contributed by atoms with E-state index in [1.54, 1.807) is 12.5 Å². The maximum absolute atomic E-state index is 9.43. The van der Waals surface area contributed by atoms with Crippen LogP contribution in [-0.4, -0.2) is 42.7 Å². The first-order valence-electron chi connectivity index (χ1n) is 9.59. The van der Waals surface area contributed by atoms with E-state index in [-0.39, 0.29) is 12.6 Å². The number of benzene rings is 1. The summed E-state index contributed by atoms with van der Waals surface area (Å²) in [7, 11) is 0. The molecule has 4 aromatic rings. The molecule has 1 atom stereocenters. The van der Waals surface area contributed by atoms with Crippen LogP contribution in [0, 0.1) is 0 Å². The fourth-order valence-electron chi connectivity index (χ4n) is 3.00. The van der Waals surface area contributed by atoms with Crippen molar-refractivity contribution in [3.8, 4) is 11.3 Å². The largest absolute Gasteiger partial charge is 0.394 e. The fourth-order valence-corrected chi connectivity index (χ4v) is 3.00. The summed E-state index contributed by atoms with van der Waals surface area (Å²) in [6.07, 6.45) is 4.16. The van der Waals surface area contributed by atoms with Crippen LogP contribution in [0.5, 0.6) is 0 Å². The highest BCUT2D eigenvalue weighted by atomic mass is 16.3. The number of H-pyrrole nitrogens is 1. The molecule has 4 rings (SSSR count). The molecule has 29 heavy (non-hydrogen) atoms. The predicted molar refractivity (Wildman–Crippen MR) is 113 cm³/mol. The standard InChI is InChI=1S/C21H23N7O/c1-2-16(12-29)26-21-27-19(18-20(28-21)25-13-24-18)23-11-14-6-8-15(9-7-14)17-5-3-4-10-22-17/h3-10,13,16,29H,2,11-12H2,1H3,(H3,23,24,25,26,27,28)/t16-/m1/s1. The Hall–Kier alpha value is -3.52. The number of aromatic nitrogens is 5. The molecular formula is C21H23N7O. The highest BCUT2D eigenvalue weighted by Gasteiger charge is 2.12. The van der Waals surface area contributed by atoms with Gasteiger partial charge >= 0.3 is 0 Å². The van der Waals surface area contributed by atoms with Crippen LogP contribution in [0.3, 0.4) is 0 Å². The van der Waals surface area contributed by atoms with Gasteiger partial charge < -0.3 is 20.7 Å². The van der Waals surface area contributed by atoms with Crippen molar-refractivity contribution >= 4 is 22.9 Å². The number of nitrogens with one attached hydrogen (secondary N) is 3. The summed E-state index contributed by atoms with van der Waals surface area (Å²) < 4.78 is 0. The second-order valence-corrected chi connectivity index (χ2v) is 6.69. The minimum Gasteiger partial charge on any atom is -0.394 e. The van der Waals surface area contributed by atoms with Gasteiger partial charge in [0.05, 0.1) is 24.7 Å². The minimum absolute atomic E-state index is 0.0177. The average Bonchev–Trinajstić information content (AvgIpc) is 3.25. The minimum atomic E-state index is -0.0987. The van der Waals surface area contributed by atoms with E-state index < -0.39 is 0 Å². The summed E-state index contributed by atoms with van der Waals surface area (Å²) in [5.74, 6) is 1.11. The van der Waals surface area contributed by atoms with Crippen LogP contribution in [0.1, 0.15) is 18.9 Å². The Kier molecular flexibility index (Phi) is 5.62. The number of aromatic amines is 1. The van der Waals surface area contributed by atoms with Crippen molar-refractivity contribution in [1.29, 1.82) is 0 Å². The van der Waals surface area contributed by atoms with Gasteiger partial charge in [0.2, 0.25) is 5.95 Å². The molecule has 8 heteroatoms. The van der Waals surface area contributed by atoms with Crippen molar-refractivity contribution in [1.82, 2.24) is 24.9 Å². The fraction of sp³-hybridized carbons (Fsp3) is 0.238. The summed E-state index contributed by atoms with van der Waals surface area (Å²) in [5.41, 5.74) is 4.47. The Balaban J connectivity index is 1.51. The molecule has 0 amide bonds. The molecule has 0 radical (unpaired) electrons. The van der Waals surface area contributed by atoms with Crippen LogP contribution in [0.15, 0.2) is 55.0 Å². The Bertz CT molecular complexity index is 1060. The first kappa shape index (κ1) is 18.8. The first-order chi connectivity index (χ1) is 14.3. The Morgan fingerprint density at radius 3 is 2.66 bits per heavy atom. The van der Waals surface area contributed by atoms with E-state index in [1.807, 2.05) is 25.1 Å². The SMILES string of the molecule is CC[C@H](CO)Nc1nc(NCc2ccc(-c3ccccn3)cc2)c2[nH]cnc2n1. The number of rotatable bonds is 8. The van der Waals surface area contributed by atoms with Crippen LogP contribution in [0.2, 0.25) is 0 Å². The molecule has 3 heterocycles. The lowest BCUT2D eigenvalue weighted by Crippen LogP contribution is -2.24. The summed E-state index contributed by atoms with van der Waals surface area (Å²) in [6.45, 7) is 2.61. The predicted octanol–water partition coefficient (Wildman–Crippen LogP) is 3.21. The molecule has 0 unspecified atom stereocenters. The number of anilines is 2. The highest BCUT2D eigenvalue weighted by molar-refractivity contribution is 5.83. The van der Waals surface area contributed by atoms with Crippen LogP contribution < -0.4 is 10.6 Å². The van der Waals surface area contributed by atoms with Gasteiger partial charge in [-0.1, -0.05) is 37.3 Å². The zero-order valence-corrected chi connectivity index (χ0v) is 16.1. The number of aliphatic hydroxyl groups excluding tert-OH is 1. The summed E-state index contributed by atoms with van der Waals surface area (Å²) in [4.78, 5) is 20.7. The molecule has 3 aromatic heterocycles. The van der Waals surface area contributed by atoms with Crippen molar-refractivity contribution in [2.24, 2.45) is 0 Å². The Morgan fingerprint density at radius 2 is 1.93 bits per heavy atom. The van der Waals surface area contributed by atoms with Gasteiger partial charge in [-0.05, 0) is 24.1 Å². The second kappa shape index (κ2) is 8.66. The molecule has 0 aliphatic carbocycles. The summed E-state index contributed by atoms with van der Waals surface area (Å²) >= 11 is 0. The van der Waals surface area contributed by atoms with E-state index in [4.69, 9.17) is 0 Å². The highest BCUT2D eigenvalue weighted by Crippen LogP contribution is 2.21. The number of hydrogen-bond acceptors (Lipinski definition) is 7. The molecule has 8 nitrogen and oxygen atoms in total. The normalized spacial score (nSPS) is 12.1. The van der Waals surface area contributed by atoms with Crippen molar-refractivity contribution < 1.29 is 5.11 Å². The van der Waals surface area contributed by atoms with Gasteiger partial charge in [-0.3, -0.25) is 4.98 Å². The average molecular weight is 389 g/mol. The third-order valence-corrected chi connectivity index (χ3v) is 4.71. The number of hydrogen-bond donors (Lipinski definition) is 4. The molecule has 4 N–H and O–H groups in total. The smallest absolute Gasteiger partial charge is 0.227 e. The quantitative estimate of drug-likeness (QED) is 0.366. The molecule has 0 spiro atoms. The Morgan fingerprint density at radius 1 is 1.07 bits per heavy atom. The number of aliphatic hydroxyl groups is 1. The first-order valence-corrected chi connectivity index (χ1v) is 9.59. The van der Waals surface area contributed by atoms with Gasteiger partial charge in [0.1, 0.15) is 5.52 Å². The monoisotopic (exact) mass is 389 g/mol. The van der Waals surface area contributed by atoms with Crippen molar-refractivity contribution in [2.45, 2.75) is 25.9 Å². The van der Waals surface area contributed by atoms with Gasteiger partial charge in [0.15, 0.2) is 11.5 Å². The molecule has 0 saturated carbocycles. The van der Waals surface area contributed by atoms with Crippen molar-refractivity contribution in [2.75, 3.05) is 17.2 Å². The third-order valence-electron chi connectivity index (χ3n) is 4.71. The van der Waals surface area contributed by atoms with Crippen molar-refractivity contribution in [3.05, 3.63) is 60.6 Å². The van der Waals surface area contributed by atoms with E-state index in [0.717, 1.165) is 28.8 Å². The van der Waals surface area contributed by atoms with Gasteiger partial charge in [-0.25, -0.2) is 4.98 Å². The third kappa shape index (κ3) is 4.33. The molecular weight excluding hydrogens is 366 g/mol. The second-order valence-electron chi connectivity index (χ2n) is 6.69. The van der Waals surface area contributed by atoms with E-state index in [2.05, 4.69) is 59.8 Å². The molecule has 148 valence electrons. The lowest BCUT2D eigenvalue weighted by molar-refractivity contribution is 0.271. The summed E-state index contributed by atoms with van der Waals surface area (Å²) in [6, 6.07) is 14.0. The van der Waals surface area contributed by atoms with E-state index in [1.165, 1.54) is 0 Å². The molecule has 0 fully saturated rings. The number of pyridine rings is 1. The number of imidazole rings is 1. The van der Waals surface area contributed by atoms with Crippen LogP contribution in [-0.2, 0) is 6.54 Å². The topological polar surface area (TPSA) is 112 Å². The maximum Gasteiger partial charge on any atom is 0.227 e. The van der Waals surface area contributed by atoms with Gasteiger partial charge in [0.25, 0.3) is 0 Å². The van der Waals surface area contributed by atoms with Crippen LogP contribution >= 0.6 is 0 Å². The van der Waals surface area contributed by atoms with Gasteiger partial charge in [-0.2, -0.15) is 9.97 Å². The lowest BCUT2D eigenvalue weighted by Gasteiger charge is -2.15. The van der Waals surface area contributed by atoms with E-state index >= 15 is 0 Å². The van der Waals surface area contributed by atoms with Gasteiger partial charge in [-0.15, -0.1) is 0 Å². The van der Waals surface area contributed by atoms with Crippen LogP contribution in [0.25, 0.3) is 22.4 Å². The Labute approximate surface area is 168 Å². The zero-order valence-electron chi connectivity index (χ0n) is 16.1. The number of nitrogens with zero attached hydrogens (tertiary/aromatic N) is 4. The van der Waals surface area contributed by atoms with Crippen LogP contribution in [0.4, 0.5) is 11.8 Å². The molecule has 0 aliphatic rings. The van der Waals surface area contributed by atoms with E-state index in [0.29, 0.717) is 24.0 Å². The number of fused-ring (bicyclic) bond motifs is 1. The molecule has 0 bridgehead atoms. The summed E-state index contributed by atoms with van der Waals surface area (Å²) in [5, 5.41) is 15.9. The lowest BCUT2D eigenvalue weighted by atomic mass is 10.1. The van der Waals surface area contributed by atoms with E-state index in [9.17, 15) is 5.11 Å². The zero-order chi connectivity index (χ0) is 20.1. The molecule has 0 saturated heterocycles. The maximum atomic E-state index is 9.43. The molecule has 0 aliphatic heterocycles. The van der Waals surface area contributed by atoms with Crippen molar-refractivity contribution in [3.63, 3.8) is 0 Å². The molecule has 1 aromatic carbocycles.